The van der Waals surface area contributed by atoms with Gasteiger partial charge in [0.25, 0.3) is 0 Å². The van der Waals surface area contributed by atoms with Crippen LogP contribution < -0.4 is 0 Å². The van der Waals surface area contributed by atoms with Gasteiger partial charge in [0, 0.05) is 39.7 Å². The van der Waals surface area contributed by atoms with E-state index in [0.717, 1.165) is 44.5 Å². The van der Waals surface area contributed by atoms with Gasteiger partial charge in [-0.2, -0.15) is 0 Å². The van der Waals surface area contributed by atoms with Crippen LogP contribution in [0, 0.1) is 0 Å². The summed E-state index contributed by atoms with van der Waals surface area (Å²) in [5.41, 5.74) is 2.79. The number of thioether (sulfide) groups is 1. The van der Waals surface area contributed by atoms with E-state index in [1.807, 2.05) is 30.0 Å². The van der Waals surface area contributed by atoms with Crippen LogP contribution in [0.1, 0.15) is 36.3 Å². The number of likely N-dealkylation sites (N-methyl/N-ethyl adjacent to an activating group) is 1. The Kier molecular flexibility index (Phi) is 8.25. The predicted molar refractivity (Wildman–Crippen MR) is 155 cm³/mol. The van der Waals surface area contributed by atoms with Gasteiger partial charge in [0.1, 0.15) is 0 Å². The van der Waals surface area contributed by atoms with Crippen molar-refractivity contribution in [3.05, 3.63) is 94.0 Å². The molecule has 0 aromatic heterocycles. The van der Waals surface area contributed by atoms with Crippen molar-refractivity contribution in [2.75, 3.05) is 39.0 Å². The maximum absolute atomic E-state index is 13.2. The number of fused-ring (bicyclic) bond motifs is 2. The van der Waals surface area contributed by atoms with Crippen LogP contribution in [-0.2, 0) is 15.4 Å². The van der Waals surface area contributed by atoms with Gasteiger partial charge in [-0.05, 0) is 92.3 Å². The number of piperidine rings is 1. The number of nitrogens with zero attached hydrogens (tertiary/aromatic N) is 2. The van der Waals surface area contributed by atoms with Gasteiger partial charge in [0.15, 0.2) is 0 Å². The standard InChI is InChI=1S/C29H32Cl2N2O2S2/c1-32(37(34,35)26-7-3-2-4-8-26)20-22(23-17-24(30)19-25(31)18-23)11-14-33-15-12-29(13-16-33)21-36-28-10-6-5-9-27(28)29/h2-10,17-19,22H,11-16,20-21H2,1H3/t22-/m0/s1. The first-order valence-electron chi connectivity index (χ1n) is 12.7. The van der Waals surface area contributed by atoms with Gasteiger partial charge in [-0.15, -0.1) is 11.8 Å². The van der Waals surface area contributed by atoms with Crippen LogP contribution in [-0.4, -0.2) is 56.6 Å². The van der Waals surface area contributed by atoms with Crippen molar-refractivity contribution in [1.82, 2.24) is 9.21 Å². The summed E-state index contributed by atoms with van der Waals surface area (Å²) in [5.74, 6) is 1.14. The van der Waals surface area contributed by atoms with E-state index in [1.165, 1.54) is 20.5 Å². The van der Waals surface area contributed by atoms with Crippen LogP contribution in [0.4, 0.5) is 0 Å². The fraction of sp³-hybridized carbons (Fsp3) is 0.379. The van der Waals surface area contributed by atoms with Crippen LogP contribution in [0.3, 0.4) is 0 Å². The lowest BCUT2D eigenvalue weighted by Gasteiger charge is -2.40. The first-order chi connectivity index (χ1) is 17.8. The Hall–Kier alpha value is -1.54. The highest BCUT2D eigenvalue weighted by Gasteiger charge is 2.41. The molecule has 2 aliphatic heterocycles. The molecule has 5 rings (SSSR count). The SMILES string of the molecule is CN(C[C@H](CCN1CCC2(CC1)CSc1ccccc12)c1cc(Cl)cc(Cl)c1)S(=O)(=O)c1ccccc1. The first kappa shape index (κ1) is 27.0. The lowest BCUT2D eigenvalue weighted by molar-refractivity contribution is 0.166. The molecule has 196 valence electrons. The topological polar surface area (TPSA) is 40.6 Å². The molecular weight excluding hydrogens is 543 g/mol. The minimum absolute atomic E-state index is 0.0293. The van der Waals surface area contributed by atoms with Gasteiger partial charge in [-0.3, -0.25) is 0 Å². The van der Waals surface area contributed by atoms with Crippen molar-refractivity contribution in [2.24, 2.45) is 0 Å². The number of hydrogen-bond donors (Lipinski definition) is 0. The molecule has 4 nitrogen and oxygen atoms in total. The van der Waals surface area contributed by atoms with Gasteiger partial charge in [-0.25, -0.2) is 12.7 Å². The molecule has 0 radical (unpaired) electrons. The molecule has 37 heavy (non-hydrogen) atoms. The molecule has 0 N–H and O–H groups in total. The molecule has 0 unspecified atom stereocenters. The van der Waals surface area contributed by atoms with Gasteiger partial charge in [0.05, 0.1) is 4.90 Å². The summed E-state index contributed by atoms with van der Waals surface area (Å²) in [7, 11) is -1.94. The van der Waals surface area contributed by atoms with Crippen molar-refractivity contribution < 1.29 is 8.42 Å². The van der Waals surface area contributed by atoms with E-state index in [9.17, 15) is 8.42 Å². The Morgan fingerprint density at radius 2 is 1.62 bits per heavy atom. The fourth-order valence-electron chi connectivity index (χ4n) is 5.64. The molecule has 2 heterocycles. The average Bonchev–Trinajstić information content (AvgIpc) is 3.25. The highest BCUT2D eigenvalue weighted by molar-refractivity contribution is 7.99. The third-order valence-corrected chi connectivity index (χ3v) is 11.5. The van der Waals surface area contributed by atoms with E-state index in [0.29, 0.717) is 26.9 Å². The van der Waals surface area contributed by atoms with E-state index < -0.39 is 10.0 Å². The molecule has 1 atom stereocenters. The predicted octanol–water partition coefficient (Wildman–Crippen LogP) is 6.93. The maximum atomic E-state index is 13.2. The van der Waals surface area contributed by atoms with Crippen LogP contribution >= 0.6 is 35.0 Å². The molecule has 2 aliphatic rings. The summed E-state index contributed by atoms with van der Waals surface area (Å²) in [5, 5.41) is 1.14. The van der Waals surface area contributed by atoms with E-state index in [2.05, 4.69) is 29.2 Å². The number of hydrogen-bond acceptors (Lipinski definition) is 4. The molecule has 0 amide bonds. The zero-order valence-corrected chi connectivity index (χ0v) is 24.1. The number of benzene rings is 3. The summed E-state index contributed by atoms with van der Waals surface area (Å²) >= 11 is 14.7. The monoisotopic (exact) mass is 574 g/mol. The molecule has 0 bridgehead atoms. The van der Waals surface area contributed by atoms with Gasteiger partial charge < -0.3 is 4.90 Å². The largest absolute Gasteiger partial charge is 0.303 e. The lowest BCUT2D eigenvalue weighted by Crippen LogP contribution is -2.43. The van der Waals surface area contributed by atoms with Crippen molar-refractivity contribution in [2.45, 2.75) is 40.4 Å². The van der Waals surface area contributed by atoms with Crippen molar-refractivity contribution in [3.63, 3.8) is 0 Å². The molecule has 1 spiro atoms. The Bertz CT molecular complexity index is 1320. The second-order valence-electron chi connectivity index (χ2n) is 10.2. The molecular formula is C29H32Cl2N2O2S2. The zero-order valence-electron chi connectivity index (χ0n) is 20.9. The summed E-state index contributed by atoms with van der Waals surface area (Å²) in [6.07, 6.45) is 3.14. The van der Waals surface area contributed by atoms with Crippen LogP contribution in [0.15, 0.2) is 82.6 Å². The van der Waals surface area contributed by atoms with E-state index in [4.69, 9.17) is 23.2 Å². The molecule has 8 heteroatoms. The van der Waals surface area contributed by atoms with Crippen molar-refractivity contribution in [1.29, 1.82) is 0 Å². The zero-order chi connectivity index (χ0) is 26.0. The van der Waals surface area contributed by atoms with E-state index in [-0.39, 0.29) is 5.92 Å². The molecule has 1 fully saturated rings. The average molecular weight is 576 g/mol. The minimum atomic E-state index is -3.60. The summed E-state index contributed by atoms with van der Waals surface area (Å²) < 4.78 is 27.9. The minimum Gasteiger partial charge on any atom is -0.303 e. The van der Waals surface area contributed by atoms with Crippen molar-refractivity contribution >= 4 is 45.0 Å². The third kappa shape index (κ3) is 5.90. The Labute approximate surface area is 235 Å². The van der Waals surface area contributed by atoms with Crippen LogP contribution in [0.2, 0.25) is 10.0 Å². The highest BCUT2D eigenvalue weighted by atomic mass is 35.5. The summed E-state index contributed by atoms with van der Waals surface area (Å²) in [4.78, 5) is 4.27. The molecule has 0 saturated carbocycles. The molecule has 3 aromatic carbocycles. The van der Waals surface area contributed by atoms with Crippen LogP contribution in [0.25, 0.3) is 0 Å². The second-order valence-corrected chi connectivity index (χ2v) is 14.1. The smallest absolute Gasteiger partial charge is 0.242 e. The molecule has 3 aromatic rings. The fourth-order valence-corrected chi connectivity index (χ4v) is 8.91. The van der Waals surface area contributed by atoms with E-state index >= 15 is 0 Å². The first-order valence-corrected chi connectivity index (χ1v) is 15.9. The number of halogens is 2. The van der Waals surface area contributed by atoms with Gasteiger partial charge in [0.2, 0.25) is 10.0 Å². The van der Waals surface area contributed by atoms with Gasteiger partial charge >= 0.3 is 0 Å². The second kappa shape index (κ2) is 11.3. The quantitative estimate of drug-likeness (QED) is 0.292. The van der Waals surface area contributed by atoms with Crippen LogP contribution in [0.5, 0.6) is 0 Å². The number of likely N-dealkylation sites (tertiary alicyclic amines) is 1. The summed E-state index contributed by atoms with van der Waals surface area (Å²) in [6, 6.07) is 23.0. The number of rotatable bonds is 8. The number of sulfonamides is 1. The Morgan fingerprint density at radius 3 is 2.32 bits per heavy atom. The third-order valence-electron chi connectivity index (χ3n) is 7.85. The molecule has 0 aliphatic carbocycles. The van der Waals surface area contributed by atoms with Crippen molar-refractivity contribution in [3.8, 4) is 0 Å². The van der Waals surface area contributed by atoms with E-state index in [1.54, 1.807) is 37.4 Å². The molecule has 1 saturated heterocycles. The normalized spacial score (nSPS) is 18.3. The highest BCUT2D eigenvalue weighted by Crippen LogP contribution is 2.49. The maximum Gasteiger partial charge on any atom is 0.242 e. The van der Waals surface area contributed by atoms with Gasteiger partial charge in [-0.1, -0.05) is 59.6 Å². The lowest BCUT2D eigenvalue weighted by atomic mass is 9.74. The Balaban J connectivity index is 1.29. The Morgan fingerprint density at radius 1 is 0.973 bits per heavy atom. The summed E-state index contributed by atoms with van der Waals surface area (Å²) in [6.45, 7) is 3.36.